The molecule has 0 saturated carbocycles. The monoisotopic (exact) mass is 396 g/mol. The van der Waals surface area contributed by atoms with Gasteiger partial charge in [-0.3, -0.25) is 9.10 Å². The molecule has 0 saturated heterocycles. The molecule has 1 amide bonds. The number of halogens is 2. The van der Waals surface area contributed by atoms with Crippen LogP contribution in [-0.4, -0.2) is 27.1 Å². The molecule has 0 aliphatic rings. The highest BCUT2D eigenvalue weighted by Crippen LogP contribution is 2.25. The van der Waals surface area contributed by atoms with Crippen molar-refractivity contribution in [3.8, 4) is 0 Å². The van der Waals surface area contributed by atoms with E-state index in [0.717, 1.165) is 29.5 Å². The maximum atomic E-state index is 13.6. The third-order valence-corrected chi connectivity index (χ3v) is 5.42. The van der Waals surface area contributed by atoms with Gasteiger partial charge in [0.25, 0.3) is 0 Å². The summed E-state index contributed by atoms with van der Waals surface area (Å²) in [6, 6.07) is 8.65. The Balaban J connectivity index is 2.06. The molecule has 0 aromatic heterocycles. The number of aryl methyl sites for hydroxylation is 1. The van der Waals surface area contributed by atoms with E-state index in [1.807, 2.05) is 19.9 Å². The highest BCUT2D eigenvalue weighted by atomic mass is 32.2. The molecule has 1 N–H and O–H groups in total. The van der Waals surface area contributed by atoms with Crippen molar-refractivity contribution in [1.29, 1.82) is 0 Å². The highest BCUT2D eigenvalue weighted by Gasteiger charge is 2.20. The van der Waals surface area contributed by atoms with Crippen LogP contribution in [0.15, 0.2) is 36.4 Å². The number of para-hydroxylation sites is 1. The Morgan fingerprint density at radius 3 is 2.26 bits per heavy atom. The molecule has 2 aromatic rings. The smallest absolute Gasteiger partial charge is 0.232 e. The van der Waals surface area contributed by atoms with Crippen molar-refractivity contribution < 1.29 is 22.0 Å². The van der Waals surface area contributed by atoms with E-state index in [0.29, 0.717) is 5.69 Å². The molecule has 146 valence electrons. The van der Waals surface area contributed by atoms with Crippen LogP contribution in [0.2, 0.25) is 0 Å². The summed E-state index contributed by atoms with van der Waals surface area (Å²) in [7, 11) is -3.55. The fourth-order valence-electron chi connectivity index (χ4n) is 2.67. The summed E-state index contributed by atoms with van der Waals surface area (Å²) in [5.41, 5.74) is 1.84. The Labute approximate surface area is 158 Å². The van der Waals surface area contributed by atoms with E-state index >= 15 is 0 Å². The van der Waals surface area contributed by atoms with Gasteiger partial charge in [0, 0.05) is 13.0 Å². The molecule has 0 bridgehead atoms. The molecule has 0 radical (unpaired) electrons. The molecule has 0 spiro atoms. The first-order valence-corrected chi connectivity index (χ1v) is 10.2. The minimum atomic E-state index is -3.55. The first kappa shape index (κ1) is 20.8. The number of carbonyl (C=O) groups excluding carboxylic acids is 1. The fourth-order valence-corrected chi connectivity index (χ4v) is 3.69. The SMILES string of the molecule is Cc1cccc(N(CCCC(=O)Nc2c(F)cccc2F)S(C)(=O)=O)c1C. The van der Waals surface area contributed by atoms with Crippen LogP contribution in [-0.2, 0) is 14.8 Å². The number of carbonyl (C=O) groups is 1. The summed E-state index contributed by atoms with van der Waals surface area (Å²) < 4.78 is 52.8. The van der Waals surface area contributed by atoms with E-state index in [1.165, 1.54) is 10.4 Å². The van der Waals surface area contributed by atoms with Crippen LogP contribution in [0.3, 0.4) is 0 Å². The summed E-state index contributed by atoms with van der Waals surface area (Å²) in [4.78, 5) is 12.0. The van der Waals surface area contributed by atoms with Crippen LogP contribution < -0.4 is 9.62 Å². The lowest BCUT2D eigenvalue weighted by atomic mass is 10.1. The van der Waals surface area contributed by atoms with E-state index in [9.17, 15) is 22.0 Å². The lowest BCUT2D eigenvalue weighted by Gasteiger charge is -2.24. The molecule has 0 aliphatic heterocycles. The molecule has 5 nitrogen and oxygen atoms in total. The normalized spacial score (nSPS) is 11.3. The summed E-state index contributed by atoms with van der Waals surface area (Å²) >= 11 is 0. The lowest BCUT2D eigenvalue weighted by Crippen LogP contribution is -2.32. The molecule has 2 aromatic carbocycles. The molecule has 0 heterocycles. The van der Waals surface area contributed by atoms with Crippen LogP contribution >= 0.6 is 0 Å². The van der Waals surface area contributed by atoms with Crippen LogP contribution in [0.25, 0.3) is 0 Å². The molecule has 0 aliphatic carbocycles. The molecule has 2 rings (SSSR count). The Morgan fingerprint density at radius 2 is 1.67 bits per heavy atom. The molecule has 8 heteroatoms. The summed E-state index contributed by atoms with van der Waals surface area (Å²) in [5, 5.41) is 2.19. The largest absolute Gasteiger partial charge is 0.321 e. The summed E-state index contributed by atoms with van der Waals surface area (Å²) in [5.74, 6) is -2.32. The van der Waals surface area contributed by atoms with Crippen LogP contribution in [0.4, 0.5) is 20.2 Å². The zero-order valence-corrected chi connectivity index (χ0v) is 16.2. The van der Waals surface area contributed by atoms with Gasteiger partial charge in [-0.25, -0.2) is 17.2 Å². The number of benzene rings is 2. The molecule has 0 unspecified atom stereocenters. The maximum absolute atomic E-state index is 13.6. The van der Waals surface area contributed by atoms with Crippen molar-refractivity contribution in [3.05, 3.63) is 59.2 Å². The Morgan fingerprint density at radius 1 is 1.07 bits per heavy atom. The Hall–Kier alpha value is -2.48. The topological polar surface area (TPSA) is 66.5 Å². The number of hydrogen-bond acceptors (Lipinski definition) is 3. The number of anilines is 2. The predicted molar refractivity (Wildman–Crippen MR) is 102 cm³/mol. The number of nitrogens with one attached hydrogen (secondary N) is 1. The van der Waals surface area contributed by atoms with E-state index in [2.05, 4.69) is 5.32 Å². The molecular weight excluding hydrogens is 374 g/mol. The standard InChI is InChI=1S/C19H22F2N2O3S/c1-13-7-4-10-17(14(13)2)23(27(3,25)26)12-6-11-18(24)22-19-15(20)8-5-9-16(19)21/h4-5,7-10H,6,11-12H2,1-3H3,(H,22,24). The van der Waals surface area contributed by atoms with Crippen molar-refractivity contribution in [2.75, 3.05) is 22.4 Å². The molecule has 0 fully saturated rings. The van der Waals surface area contributed by atoms with Gasteiger partial charge >= 0.3 is 0 Å². The highest BCUT2D eigenvalue weighted by molar-refractivity contribution is 7.92. The molecule has 27 heavy (non-hydrogen) atoms. The minimum absolute atomic E-state index is 0.0787. The van der Waals surface area contributed by atoms with Crippen molar-refractivity contribution in [2.24, 2.45) is 0 Å². The van der Waals surface area contributed by atoms with Crippen molar-refractivity contribution in [1.82, 2.24) is 0 Å². The molecule has 0 atom stereocenters. The Kier molecular flexibility index (Phi) is 6.54. The Bertz CT molecular complexity index is 926. The predicted octanol–water partition coefficient (Wildman–Crippen LogP) is 3.77. The van der Waals surface area contributed by atoms with E-state index < -0.39 is 33.3 Å². The maximum Gasteiger partial charge on any atom is 0.232 e. The van der Waals surface area contributed by atoms with Crippen LogP contribution in [0.5, 0.6) is 0 Å². The second-order valence-corrected chi connectivity index (χ2v) is 8.21. The van der Waals surface area contributed by atoms with Crippen molar-refractivity contribution in [2.45, 2.75) is 26.7 Å². The lowest BCUT2D eigenvalue weighted by molar-refractivity contribution is -0.116. The van der Waals surface area contributed by atoms with Gasteiger partial charge in [0.1, 0.15) is 17.3 Å². The van der Waals surface area contributed by atoms with Gasteiger partial charge in [-0.1, -0.05) is 18.2 Å². The number of amides is 1. The third-order valence-electron chi connectivity index (χ3n) is 4.24. The van der Waals surface area contributed by atoms with Gasteiger partial charge in [-0.15, -0.1) is 0 Å². The van der Waals surface area contributed by atoms with E-state index in [1.54, 1.807) is 12.1 Å². The van der Waals surface area contributed by atoms with Crippen LogP contribution in [0, 0.1) is 25.5 Å². The summed E-state index contributed by atoms with van der Waals surface area (Å²) in [6.45, 7) is 3.79. The number of rotatable bonds is 7. The number of nitrogens with zero attached hydrogens (tertiary/aromatic N) is 1. The first-order chi connectivity index (χ1) is 12.6. The zero-order valence-electron chi connectivity index (χ0n) is 15.4. The third kappa shape index (κ3) is 5.26. The van der Waals surface area contributed by atoms with E-state index in [-0.39, 0.29) is 19.4 Å². The van der Waals surface area contributed by atoms with Crippen LogP contribution in [0.1, 0.15) is 24.0 Å². The van der Waals surface area contributed by atoms with Gasteiger partial charge in [0.15, 0.2) is 0 Å². The van der Waals surface area contributed by atoms with E-state index in [4.69, 9.17) is 0 Å². The quantitative estimate of drug-likeness (QED) is 0.775. The second kappa shape index (κ2) is 8.47. The van der Waals surface area contributed by atoms with Crippen molar-refractivity contribution >= 4 is 27.3 Å². The number of sulfonamides is 1. The minimum Gasteiger partial charge on any atom is -0.321 e. The number of hydrogen-bond donors (Lipinski definition) is 1. The first-order valence-electron chi connectivity index (χ1n) is 8.39. The average Bonchev–Trinajstić information content (AvgIpc) is 2.57. The second-order valence-electron chi connectivity index (χ2n) is 6.30. The van der Waals surface area contributed by atoms with Gasteiger partial charge in [0.2, 0.25) is 15.9 Å². The van der Waals surface area contributed by atoms with Gasteiger partial charge in [0.05, 0.1) is 11.9 Å². The molecular formula is C19H22F2N2O3S. The summed E-state index contributed by atoms with van der Waals surface area (Å²) in [6.07, 6.45) is 1.22. The van der Waals surface area contributed by atoms with Crippen molar-refractivity contribution in [3.63, 3.8) is 0 Å². The average molecular weight is 396 g/mol. The zero-order chi connectivity index (χ0) is 20.2. The van der Waals surface area contributed by atoms with Gasteiger partial charge in [-0.2, -0.15) is 0 Å². The van der Waals surface area contributed by atoms with Gasteiger partial charge in [-0.05, 0) is 49.6 Å². The fraction of sp³-hybridized carbons (Fsp3) is 0.316. The van der Waals surface area contributed by atoms with Gasteiger partial charge < -0.3 is 5.32 Å².